The van der Waals surface area contributed by atoms with E-state index in [0.29, 0.717) is 17.1 Å². The fraction of sp³-hybridized carbons (Fsp3) is 0.0556. The summed E-state index contributed by atoms with van der Waals surface area (Å²) < 4.78 is 5.22. The Labute approximate surface area is 128 Å². The predicted octanol–water partition coefficient (Wildman–Crippen LogP) is 5.57. The smallest absolute Gasteiger partial charge is 0.161 e. The molecular weight excluding hydrogens is 274 g/mol. The van der Waals surface area contributed by atoms with Gasteiger partial charge in [0.2, 0.25) is 0 Å². The zero-order chi connectivity index (χ0) is 15.2. The first-order chi connectivity index (χ1) is 10.8. The Kier molecular flexibility index (Phi) is 4.20. The maximum absolute atomic E-state index is 5.22. The summed E-state index contributed by atoms with van der Waals surface area (Å²) in [6.07, 6.45) is 3.85. The fourth-order valence-corrected chi connectivity index (χ4v) is 1.96. The zero-order valence-corrected chi connectivity index (χ0v) is 12.2. The lowest BCUT2D eigenvalue weighted by atomic mass is 10.2. The summed E-state index contributed by atoms with van der Waals surface area (Å²) in [5, 5.41) is 12.5. The van der Waals surface area contributed by atoms with Crippen molar-refractivity contribution in [1.82, 2.24) is 5.16 Å². The molecule has 0 spiro atoms. The zero-order valence-electron chi connectivity index (χ0n) is 12.2. The summed E-state index contributed by atoms with van der Waals surface area (Å²) >= 11 is 0. The number of hydrogen-bond acceptors (Lipinski definition) is 4. The molecule has 0 atom stereocenters. The van der Waals surface area contributed by atoms with E-state index in [1.54, 1.807) is 0 Å². The van der Waals surface area contributed by atoms with Crippen molar-refractivity contribution in [3.63, 3.8) is 0 Å². The Morgan fingerprint density at radius 1 is 0.864 bits per heavy atom. The molecule has 0 saturated heterocycles. The molecule has 4 heteroatoms. The van der Waals surface area contributed by atoms with Gasteiger partial charge in [0.15, 0.2) is 11.4 Å². The van der Waals surface area contributed by atoms with E-state index in [1.807, 2.05) is 79.7 Å². The van der Waals surface area contributed by atoms with Crippen LogP contribution in [0.15, 0.2) is 75.4 Å². The van der Waals surface area contributed by atoms with Crippen LogP contribution in [0, 0.1) is 6.92 Å². The van der Waals surface area contributed by atoms with E-state index in [1.165, 1.54) is 0 Å². The molecule has 3 aromatic rings. The lowest BCUT2D eigenvalue weighted by molar-refractivity contribution is 0.396. The van der Waals surface area contributed by atoms with E-state index < -0.39 is 0 Å². The van der Waals surface area contributed by atoms with E-state index in [-0.39, 0.29) is 0 Å². The van der Waals surface area contributed by atoms with Crippen LogP contribution in [0.1, 0.15) is 17.0 Å². The Balaban J connectivity index is 1.85. The minimum absolute atomic E-state index is 0.646. The molecule has 0 amide bonds. The van der Waals surface area contributed by atoms with Crippen LogP contribution in [0.25, 0.3) is 12.2 Å². The Morgan fingerprint density at radius 2 is 1.55 bits per heavy atom. The summed E-state index contributed by atoms with van der Waals surface area (Å²) in [5.41, 5.74) is 3.20. The number of nitrogens with zero attached hydrogens (tertiary/aromatic N) is 3. The van der Waals surface area contributed by atoms with E-state index in [4.69, 9.17) is 4.52 Å². The highest BCUT2D eigenvalue weighted by molar-refractivity contribution is 5.73. The van der Waals surface area contributed by atoms with Crippen molar-refractivity contribution in [2.75, 3.05) is 0 Å². The first-order valence-electron chi connectivity index (χ1n) is 6.99. The predicted molar refractivity (Wildman–Crippen MR) is 87.2 cm³/mol. The molecule has 2 aromatic carbocycles. The summed E-state index contributed by atoms with van der Waals surface area (Å²) in [5.74, 6) is 0.646. The minimum Gasteiger partial charge on any atom is -0.359 e. The molecule has 0 aliphatic carbocycles. The second-order valence-electron chi connectivity index (χ2n) is 4.75. The quantitative estimate of drug-likeness (QED) is 0.589. The van der Waals surface area contributed by atoms with Crippen LogP contribution in [0.5, 0.6) is 0 Å². The number of azo groups is 1. The maximum atomic E-state index is 5.22. The summed E-state index contributed by atoms with van der Waals surface area (Å²) in [6.45, 7) is 1.83. The van der Waals surface area contributed by atoms with Crippen molar-refractivity contribution in [3.05, 3.63) is 77.7 Å². The summed E-state index contributed by atoms with van der Waals surface area (Å²) in [4.78, 5) is 0. The normalized spacial score (nSPS) is 11.5. The number of rotatable bonds is 4. The lowest BCUT2D eigenvalue weighted by Gasteiger charge is -1.93. The van der Waals surface area contributed by atoms with Gasteiger partial charge in [-0.15, -0.1) is 5.11 Å². The summed E-state index contributed by atoms with van der Waals surface area (Å²) in [7, 11) is 0. The Morgan fingerprint density at radius 3 is 2.27 bits per heavy atom. The molecule has 1 heterocycles. The van der Waals surface area contributed by atoms with Gasteiger partial charge in [0.25, 0.3) is 0 Å². The molecule has 0 radical (unpaired) electrons. The standard InChI is InChI=1S/C18H15N3O/c1-14-18(20-19-16-10-6-3-7-11-16)17(21-22-14)13-12-15-8-4-2-5-9-15/h2-13H,1H3/b13-12+,20-19?. The first kappa shape index (κ1) is 13.9. The van der Waals surface area contributed by atoms with Gasteiger partial charge in [-0.05, 0) is 30.7 Å². The van der Waals surface area contributed by atoms with Crippen LogP contribution in [-0.2, 0) is 0 Å². The van der Waals surface area contributed by atoms with Crippen LogP contribution in [0.3, 0.4) is 0 Å². The molecule has 0 unspecified atom stereocenters. The highest BCUT2D eigenvalue weighted by atomic mass is 16.5. The third-order valence-electron chi connectivity index (χ3n) is 3.11. The minimum atomic E-state index is 0.646. The van der Waals surface area contributed by atoms with E-state index in [0.717, 1.165) is 11.3 Å². The van der Waals surface area contributed by atoms with Crippen molar-refractivity contribution in [2.24, 2.45) is 10.2 Å². The summed E-state index contributed by atoms with van der Waals surface area (Å²) in [6, 6.07) is 19.6. The molecule has 0 N–H and O–H groups in total. The molecule has 0 fully saturated rings. The van der Waals surface area contributed by atoms with Crippen molar-refractivity contribution >= 4 is 23.5 Å². The van der Waals surface area contributed by atoms with Crippen molar-refractivity contribution in [3.8, 4) is 0 Å². The van der Waals surface area contributed by atoms with E-state index in [2.05, 4.69) is 15.4 Å². The molecule has 0 aliphatic rings. The molecule has 22 heavy (non-hydrogen) atoms. The number of aryl methyl sites for hydroxylation is 1. The van der Waals surface area contributed by atoms with Crippen LogP contribution in [0.2, 0.25) is 0 Å². The van der Waals surface area contributed by atoms with Gasteiger partial charge in [0, 0.05) is 0 Å². The maximum Gasteiger partial charge on any atom is 0.161 e. The SMILES string of the molecule is Cc1onc(/C=C/c2ccccc2)c1N=Nc1ccccc1. The van der Waals surface area contributed by atoms with Gasteiger partial charge in [0.05, 0.1) is 5.69 Å². The van der Waals surface area contributed by atoms with Crippen LogP contribution < -0.4 is 0 Å². The Bertz CT molecular complexity index is 790. The molecule has 108 valence electrons. The topological polar surface area (TPSA) is 50.8 Å². The monoisotopic (exact) mass is 289 g/mol. The average Bonchev–Trinajstić information content (AvgIpc) is 2.93. The van der Waals surface area contributed by atoms with Crippen LogP contribution >= 0.6 is 0 Å². The Hall–Kier alpha value is -3.01. The number of hydrogen-bond donors (Lipinski definition) is 0. The van der Waals surface area contributed by atoms with E-state index in [9.17, 15) is 0 Å². The van der Waals surface area contributed by atoms with Gasteiger partial charge in [0.1, 0.15) is 5.69 Å². The molecule has 4 nitrogen and oxygen atoms in total. The van der Waals surface area contributed by atoms with Crippen LogP contribution in [0.4, 0.5) is 11.4 Å². The van der Waals surface area contributed by atoms with Crippen molar-refractivity contribution < 1.29 is 4.52 Å². The highest BCUT2D eigenvalue weighted by Crippen LogP contribution is 2.27. The third kappa shape index (κ3) is 3.35. The molecule has 0 aliphatic heterocycles. The van der Waals surface area contributed by atoms with Gasteiger partial charge in [-0.1, -0.05) is 59.8 Å². The second-order valence-corrected chi connectivity index (χ2v) is 4.75. The lowest BCUT2D eigenvalue weighted by Crippen LogP contribution is -1.73. The molecule has 3 rings (SSSR count). The average molecular weight is 289 g/mol. The molecule has 0 bridgehead atoms. The molecule has 1 aromatic heterocycles. The van der Waals surface area contributed by atoms with Crippen LogP contribution in [-0.4, -0.2) is 5.16 Å². The van der Waals surface area contributed by atoms with Gasteiger partial charge in [-0.2, -0.15) is 5.11 Å². The third-order valence-corrected chi connectivity index (χ3v) is 3.11. The second kappa shape index (κ2) is 6.63. The van der Waals surface area contributed by atoms with E-state index >= 15 is 0 Å². The first-order valence-corrected chi connectivity index (χ1v) is 6.99. The van der Waals surface area contributed by atoms with Gasteiger partial charge in [-0.25, -0.2) is 0 Å². The molecular formula is C18H15N3O. The number of aromatic nitrogens is 1. The van der Waals surface area contributed by atoms with Gasteiger partial charge >= 0.3 is 0 Å². The van der Waals surface area contributed by atoms with Crippen molar-refractivity contribution in [2.45, 2.75) is 6.92 Å². The highest BCUT2D eigenvalue weighted by Gasteiger charge is 2.09. The fourth-order valence-electron chi connectivity index (χ4n) is 1.96. The van der Waals surface area contributed by atoms with Gasteiger partial charge in [-0.3, -0.25) is 0 Å². The number of benzene rings is 2. The molecule has 0 saturated carbocycles. The van der Waals surface area contributed by atoms with Crippen molar-refractivity contribution in [1.29, 1.82) is 0 Å². The largest absolute Gasteiger partial charge is 0.359 e. The van der Waals surface area contributed by atoms with Gasteiger partial charge < -0.3 is 4.52 Å².